The van der Waals surface area contributed by atoms with Gasteiger partial charge in [-0.2, -0.15) is 0 Å². The second kappa shape index (κ2) is 2.68. The number of nitrogen functional groups attached to an aromatic ring is 1. The van der Waals surface area contributed by atoms with E-state index in [1.807, 2.05) is 5.43 Å². The van der Waals surface area contributed by atoms with Gasteiger partial charge in [0.2, 0.25) is 0 Å². The molecule has 1 aromatic heterocycles. The Morgan fingerprint density at radius 3 is 2.80 bits per heavy atom. The highest BCUT2D eigenvalue weighted by Gasteiger charge is 2.05. The van der Waals surface area contributed by atoms with E-state index in [1.54, 1.807) is 0 Å². The number of carbonyl (C=O) groups is 1. The fraction of sp³-hybridized carbons (Fsp3) is 0. The topological polar surface area (TPSA) is 75.3 Å². The molecular weight excluding hydrogens is 152 g/mol. The van der Waals surface area contributed by atoms with Crippen LogP contribution < -0.4 is 11.3 Å². The van der Waals surface area contributed by atoms with E-state index < -0.39 is 0 Å². The van der Waals surface area contributed by atoms with Gasteiger partial charge in [-0.1, -0.05) is 11.3 Å². The Labute approximate surface area is 61.3 Å². The first-order valence-corrected chi connectivity index (χ1v) is 3.35. The summed E-state index contributed by atoms with van der Waals surface area (Å²) in [7, 11) is 0. The Balaban J connectivity index is 2.85. The lowest BCUT2D eigenvalue weighted by Gasteiger charge is -1.90. The van der Waals surface area contributed by atoms with Crippen LogP contribution in [0.25, 0.3) is 0 Å². The SMILES string of the molecule is NNC(=O)c1ccc(O)s1. The Bertz CT molecular complexity index is 246. The number of thiophene rings is 1. The van der Waals surface area contributed by atoms with Gasteiger partial charge >= 0.3 is 0 Å². The lowest BCUT2D eigenvalue weighted by molar-refractivity contribution is 0.0957. The Morgan fingerprint density at radius 1 is 1.70 bits per heavy atom. The maximum absolute atomic E-state index is 10.7. The molecule has 10 heavy (non-hydrogen) atoms. The molecule has 4 nitrogen and oxygen atoms in total. The van der Waals surface area contributed by atoms with Gasteiger partial charge in [0.1, 0.15) is 0 Å². The molecule has 0 aliphatic carbocycles. The highest BCUT2D eigenvalue weighted by molar-refractivity contribution is 7.15. The minimum absolute atomic E-state index is 0.110. The summed E-state index contributed by atoms with van der Waals surface area (Å²) in [6.07, 6.45) is 0. The molecule has 0 fully saturated rings. The highest BCUT2D eigenvalue weighted by Crippen LogP contribution is 2.21. The van der Waals surface area contributed by atoms with E-state index in [2.05, 4.69) is 0 Å². The van der Waals surface area contributed by atoms with E-state index in [1.165, 1.54) is 12.1 Å². The number of hydrogen-bond acceptors (Lipinski definition) is 4. The van der Waals surface area contributed by atoms with Crippen LogP contribution in [-0.4, -0.2) is 11.0 Å². The van der Waals surface area contributed by atoms with Crippen molar-refractivity contribution in [1.29, 1.82) is 0 Å². The molecule has 4 N–H and O–H groups in total. The summed E-state index contributed by atoms with van der Waals surface area (Å²) in [6, 6.07) is 2.94. The summed E-state index contributed by atoms with van der Waals surface area (Å²) >= 11 is 0.984. The van der Waals surface area contributed by atoms with Gasteiger partial charge in [0.15, 0.2) is 5.06 Å². The van der Waals surface area contributed by atoms with Crippen molar-refractivity contribution in [2.24, 2.45) is 5.84 Å². The molecule has 0 saturated carbocycles. The van der Waals surface area contributed by atoms with Crippen LogP contribution in [0, 0.1) is 0 Å². The molecule has 1 heterocycles. The maximum atomic E-state index is 10.7. The van der Waals surface area contributed by atoms with Crippen LogP contribution in [-0.2, 0) is 0 Å². The summed E-state index contributed by atoms with van der Waals surface area (Å²) < 4.78 is 0. The summed E-state index contributed by atoms with van der Waals surface area (Å²) in [5.41, 5.74) is 1.95. The van der Waals surface area contributed by atoms with E-state index in [4.69, 9.17) is 10.9 Å². The van der Waals surface area contributed by atoms with Gasteiger partial charge in [0.25, 0.3) is 5.91 Å². The van der Waals surface area contributed by atoms with Gasteiger partial charge in [0.05, 0.1) is 4.88 Å². The summed E-state index contributed by atoms with van der Waals surface area (Å²) in [6.45, 7) is 0. The van der Waals surface area contributed by atoms with Gasteiger partial charge in [-0.3, -0.25) is 10.2 Å². The number of nitrogens with one attached hydrogen (secondary N) is 1. The molecule has 0 unspecified atom stereocenters. The second-order valence-corrected chi connectivity index (χ2v) is 2.67. The van der Waals surface area contributed by atoms with Crippen molar-refractivity contribution in [2.75, 3.05) is 0 Å². The van der Waals surface area contributed by atoms with E-state index >= 15 is 0 Å². The van der Waals surface area contributed by atoms with Crippen LogP contribution in [0.4, 0.5) is 0 Å². The average molecular weight is 158 g/mol. The molecule has 1 aromatic rings. The summed E-state index contributed by atoms with van der Waals surface area (Å²) in [4.78, 5) is 11.1. The number of nitrogens with two attached hydrogens (primary N) is 1. The van der Waals surface area contributed by atoms with E-state index in [0.29, 0.717) is 4.88 Å². The summed E-state index contributed by atoms with van der Waals surface area (Å²) in [5, 5.41) is 8.90. The minimum atomic E-state index is -0.384. The third-order valence-electron chi connectivity index (χ3n) is 0.947. The lowest BCUT2D eigenvalue weighted by Crippen LogP contribution is -2.29. The Kier molecular flexibility index (Phi) is 1.88. The zero-order chi connectivity index (χ0) is 7.56. The van der Waals surface area contributed by atoms with Gasteiger partial charge in [0, 0.05) is 0 Å². The Hall–Kier alpha value is -1.07. The van der Waals surface area contributed by atoms with Crippen molar-refractivity contribution in [2.45, 2.75) is 0 Å². The first-order valence-electron chi connectivity index (χ1n) is 2.54. The van der Waals surface area contributed by atoms with Crippen LogP contribution >= 0.6 is 11.3 Å². The molecule has 0 spiro atoms. The first kappa shape index (κ1) is 7.04. The highest BCUT2D eigenvalue weighted by atomic mass is 32.1. The van der Waals surface area contributed by atoms with E-state index in [0.717, 1.165) is 11.3 Å². The average Bonchev–Trinajstić information content (AvgIpc) is 2.34. The smallest absolute Gasteiger partial charge is 0.275 e. The van der Waals surface area contributed by atoms with Crippen molar-refractivity contribution in [1.82, 2.24) is 5.43 Å². The van der Waals surface area contributed by atoms with Crippen molar-refractivity contribution in [3.8, 4) is 5.06 Å². The molecule has 1 amide bonds. The van der Waals surface area contributed by atoms with E-state index in [-0.39, 0.29) is 11.0 Å². The first-order chi connectivity index (χ1) is 4.74. The van der Waals surface area contributed by atoms with Gasteiger partial charge < -0.3 is 5.11 Å². The van der Waals surface area contributed by atoms with Crippen LogP contribution in [0.15, 0.2) is 12.1 Å². The lowest BCUT2D eigenvalue weighted by atomic mass is 10.4. The molecular formula is C5H6N2O2S. The largest absolute Gasteiger partial charge is 0.499 e. The standard InChI is InChI=1S/C5H6N2O2S/c6-7-5(9)3-1-2-4(8)10-3/h1-2,8H,6H2,(H,7,9). The molecule has 0 bridgehead atoms. The normalized spacial score (nSPS) is 9.30. The summed E-state index contributed by atoms with van der Waals surface area (Å²) in [5.74, 6) is 4.45. The van der Waals surface area contributed by atoms with Crippen LogP contribution in [0.2, 0.25) is 0 Å². The van der Waals surface area contributed by atoms with Crippen LogP contribution in [0.3, 0.4) is 0 Å². The quantitative estimate of drug-likeness (QED) is 0.307. The molecule has 5 heteroatoms. The molecule has 54 valence electrons. The van der Waals surface area contributed by atoms with Crippen LogP contribution in [0.5, 0.6) is 5.06 Å². The number of hydrazine groups is 1. The van der Waals surface area contributed by atoms with Crippen LogP contribution in [0.1, 0.15) is 9.67 Å². The van der Waals surface area contributed by atoms with E-state index in [9.17, 15) is 4.79 Å². The fourth-order valence-corrected chi connectivity index (χ4v) is 1.17. The number of hydrogen-bond donors (Lipinski definition) is 3. The zero-order valence-corrected chi connectivity index (χ0v) is 5.81. The number of aromatic hydroxyl groups is 1. The predicted octanol–water partition coefficient (Wildman–Crippen LogP) is 0.0572. The molecule has 0 aliphatic rings. The third-order valence-corrected chi connectivity index (χ3v) is 1.83. The van der Waals surface area contributed by atoms with Gasteiger partial charge in [-0.25, -0.2) is 5.84 Å². The minimum Gasteiger partial charge on any atom is -0.499 e. The molecule has 1 rings (SSSR count). The number of rotatable bonds is 1. The second-order valence-electron chi connectivity index (χ2n) is 1.61. The molecule has 0 radical (unpaired) electrons. The molecule has 0 aromatic carbocycles. The fourth-order valence-electron chi connectivity index (χ4n) is 0.521. The van der Waals surface area contributed by atoms with Gasteiger partial charge in [-0.05, 0) is 12.1 Å². The number of carbonyl (C=O) groups excluding carboxylic acids is 1. The Morgan fingerprint density at radius 2 is 2.40 bits per heavy atom. The number of amides is 1. The van der Waals surface area contributed by atoms with Crippen molar-refractivity contribution >= 4 is 17.2 Å². The molecule has 0 aliphatic heterocycles. The third kappa shape index (κ3) is 1.26. The van der Waals surface area contributed by atoms with Crippen molar-refractivity contribution < 1.29 is 9.90 Å². The molecule has 0 saturated heterocycles. The predicted molar refractivity (Wildman–Crippen MR) is 37.6 cm³/mol. The maximum Gasteiger partial charge on any atom is 0.275 e. The van der Waals surface area contributed by atoms with Crippen molar-refractivity contribution in [3.05, 3.63) is 17.0 Å². The monoisotopic (exact) mass is 158 g/mol. The van der Waals surface area contributed by atoms with Gasteiger partial charge in [-0.15, -0.1) is 0 Å². The molecule has 0 atom stereocenters. The van der Waals surface area contributed by atoms with Crippen molar-refractivity contribution in [3.63, 3.8) is 0 Å². The zero-order valence-electron chi connectivity index (χ0n) is 5.00.